The summed E-state index contributed by atoms with van der Waals surface area (Å²) in [6.07, 6.45) is 1.04. The van der Waals surface area contributed by atoms with Gasteiger partial charge in [-0.05, 0) is 24.1 Å². The molecule has 2 fully saturated rings. The third-order valence-corrected chi connectivity index (χ3v) is 4.17. The van der Waals surface area contributed by atoms with Crippen LogP contribution in [0.15, 0.2) is 24.3 Å². The van der Waals surface area contributed by atoms with Crippen LogP contribution in [0.3, 0.4) is 0 Å². The number of hydrogen-bond acceptors (Lipinski definition) is 5. The highest BCUT2D eigenvalue weighted by atomic mass is 16.5. The lowest BCUT2D eigenvalue weighted by Crippen LogP contribution is -2.35. The molecule has 2 aliphatic heterocycles. The summed E-state index contributed by atoms with van der Waals surface area (Å²) in [6, 6.07) is 12.1. The number of nitrogens with zero attached hydrogens (tertiary/aromatic N) is 4. The van der Waals surface area contributed by atoms with Crippen LogP contribution in [0.25, 0.3) is 0 Å². The Morgan fingerprint density at radius 2 is 1.80 bits per heavy atom. The topological polar surface area (TPSA) is 63.3 Å². The maximum atomic E-state index is 9.48. The van der Waals surface area contributed by atoms with Gasteiger partial charge in [0, 0.05) is 13.1 Å². The van der Waals surface area contributed by atoms with E-state index < -0.39 is 0 Å². The number of fused-ring (bicyclic) bond motifs is 1. The highest BCUT2D eigenvalue weighted by molar-refractivity contribution is 5.32. The lowest BCUT2D eigenvalue weighted by Gasteiger charge is -2.25. The number of nitriles is 2. The molecule has 0 aliphatic carbocycles. The van der Waals surface area contributed by atoms with E-state index in [1.54, 1.807) is 7.11 Å². The molecule has 1 aromatic carbocycles. The van der Waals surface area contributed by atoms with Crippen molar-refractivity contribution in [3.8, 4) is 17.9 Å². The molecular formula is C15H16N4O. The summed E-state index contributed by atoms with van der Waals surface area (Å²) in [5.74, 6) is 0.490. The summed E-state index contributed by atoms with van der Waals surface area (Å²) in [7, 11) is 1.64. The molecule has 5 nitrogen and oxygen atoms in total. The van der Waals surface area contributed by atoms with Crippen LogP contribution in [0, 0.1) is 28.6 Å². The molecule has 2 saturated heterocycles. The summed E-state index contributed by atoms with van der Waals surface area (Å²) in [5, 5.41) is 23.1. The molecule has 0 N–H and O–H groups in total. The van der Waals surface area contributed by atoms with Gasteiger partial charge in [0.15, 0.2) is 0 Å². The molecule has 0 aromatic heterocycles. The van der Waals surface area contributed by atoms with Gasteiger partial charge in [0.25, 0.3) is 0 Å². The highest BCUT2D eigenvalue weighted by Gasteiger charge is 2.50. The van der Waals surface area contributed by atoms with Crippen LogP contribution >= 0.6 is 0 Å². The normalized spacial score (nSPS) is 29.6. The molecule has 2 aliphatic rings. The summed E-state index contributed by atoms with van der Waals surface area (Å²) >= 11 is 0. The van der Waals surface area contributed by atoms with Crippen LogP contribution in [0.2, 0.25) is 0 Å². The quantitative estimate of drug-likeness (QED) is 0.817. The standard InChI is InChI=1S/C15H16N4O/c1-20-12-5-3-11(4-6-12)15-13(9-16)14(10-17)18-7-2-8-19(15)18/h3-6,13-15H,2,7-8H2,1H3/t13-,14+,15+/m0/s1. The van der Waals surface area contributed by atoms with E-state index in [4.69, 9.17) is 4.74 Å². The number of hydrazine groups is 1. The van der Waals surface area contributed by atoms with Gasteiger partial charge in [-0.1, -0.05) is 12.1 Å². The van der Waals surface area contributed by atoms with Crippen LogP contribution in [0.4, 0.5) is 0 Å². The van der Waals surface area contributed by atoms with Crippen molar-refractivity contribution in [2.75, 3.05) is 20.2 Å². The Kier molecular flexibility index (Phi) is 3.31. The second-order valence-corrected chi connectivity index (χ2v) is 5.13. The predicted molar refractivity (Wildman–Crippen MR) is 72.3 cm³/mol. The van der Waals surface area contributed by atoms with Crippen molar-refractivity contribution >= 4 is 0 Å². The Bertz CT molecular complexity index is 571. The molecule has 0 saturated carbocycles. The van der Waals surface area contributed by atoms with Crippen molar-refractivity contribution in [1.29, 1.82) is 10.5 Å². The van der Waals surface area contributed by atoms with Crippen LogP contribution in [0.1, 0.15) is 18.0 Å². The molecule has 2 heterocycles. The average molecular weight is 268 g/mol. The number of hydrogen-bond donors (Lipinski definition) is 0. The first-order valence-corrected chi connectivity index (χ1v) is 6.76. The van der Waals surface area contributed by atoms with E-state index in [0.29, 0.717) is 0 Å². The maximum Gasteiger partial charge on any atom is 0.129 e. The highest BCUT2D eigenvalue weighted by Crippen LogP contribution is 2.43. The fourth-order valence-electron chi connectivity index (χ4n) is 3.26. The molecule has 1 aromatic rings. The fraction of sp³-hybridized carbons (Fsp3) is 0.467. The van der Waals surface area contributed by atoms with Crippen LogP contribution in [0.5, 0.6) is 5.75 Å². The second kappa shape index (κ2) is 5.13. The molecule has 3 atom stereocenters. The van der Waals surface area contributed by atoms with Crippen molar-refractivity contribution in [1.82, 2.24) is 10.0 Å². The molecule has 0 unspecified atom stereocenters. The van der Waals surface area contributed by atoms with E-state index >= 15 is 0 Å². The minimum atomic E-state index is -0.338. The van der Waals surface area contributed by atoms with Gasteiger partial charge >= 0.3 is 0 Å². The van der Waals surface area contributed by atoms with E-state index in [-0.39, 0.29) is 18.0 Å². The molecule has 0 bridgehead atoms. The largest absolute Gasteiger partial charge is 0.497 e. The van der Waals surface area contributed by atoms with Gasteiger partial charge < -0.3 is 4.74 Å². The van der Waals surface area contributed by atoms with Crippen LogP contribution < -0.4 is 4.74 Å². The monoisotopic (exact) mass is 268 g/mol. The predicted octanol–water partition coefficient (Wildman–Crippen LogP) is 1.70. The Morgan fingerprint density at radius 1 is 1.10 bits per heavy atom. The van der Waals surface area contributed by atoms with Gasteiger partial charge in [0.05, 0.1) is 31.2 Å². The van der Waals surface area contributed by atoms with Gasteiger partial charge in [-0.3, -0.25) is 0 Å². The minimum Gasteiger partial charge on any atom is -0.497 e. The Morgan fingerprint density at radius 3 is 2.40 bits per heavy atom. The number of rotatable bonds is 2. The van der Waals surface area contributed by atoms with Gasteiger partial charge in [0.1, 0.15) is 11.8 Å². The molecule has 0 radical (unpaired) electrons. The zero-order valence-corrected chi connectivity index (χ0v) is 11.4. The Hall–Kier alpha value is -2.08. The first kappa shape index (κ1) is 12.9. The van der Waals surface area contributed by atoms with Crippen LogP contribution in [-0.2, 0) is 0 Å². The van der Waals surface area contributed by atoms with Gasteiger partial charge in [-0.15, -0.1) is 0 Å². The first-order valence-electron chi connectivity index (χ1n) is 6.76. The van der Waals surface area contributed by atoms with Gasteiger partial charge in [-0.2, -0.15) is 10.5 Å². The fourth-order valence-corrected chi connectivity index (χ4v) is 3.26. The SMILES string of the molecule is COc1ccc([C@@H]2[C@@H](C#N)[C@@H](C#N)N3CCCN23)cc1. The number of ether oxygens (including phenoxy) is 1. The van der Waals surface area contributed by atoms with E-state index in [0.717, 1.165) is 30.8 Å². The zero-order valence-electron chi connectivity index (χ0n) is 11.4. The molecule has 20 heavy (non-hydrogen) atoms. The average Bonchev–Trinajstić information content (AvgIpc) is 3.06. The third kappa shape index (κ3) is 1.84. The summed E-state index contributed by atoms with van der Waals surface area (Å²) in [5.41, 5.74) is 1.07. The van der Waals surface area contributed by atoms with Crippen molar-refractivity contribution in [2.45, 2.75) is 18.5 Å². The van der Waals surface area contributed by atoms with E-state index in [1.165, 1.54) is 0 Å². The lowest BCUT2D eigenvalue weighted by atomic mass is 9.90. The molecule has 0 amide bonds. The Labute approximate surface area is 118 Å². The van der Waals surface area contributed by atoms with E-state index in [1.807, 2.05) is 24.3 Å². The first-order chi connectivity index (χ1) is 9.80. The Balaban J connectivity index is 1.97. The zero-order chi connectivity index (χ0) is 14.1. The van der Waals surface area contributed by atoms with Crippen molar-refractivity contribution in [2.24, 2.45) is 5.92 Å². The van der Waals surface area contributed by atoms with E-state index in [9.17, 15) is 10.5 Å². The second-order valence-electron chi connectivity index (χ2n) is 5.13. The lowest BCUT2D eigenvalue weighted by molar-refractivity contribution is 0.0383. The number of benzene rings is 1. The third-order valence-electron chi connectivity index (χ3n) is 4.17. The maximum absolute atomic E-state index is 9.48. The molecule has 5 heteroatoms. The number of methoxy groups -OCH3 is 1. The molecule has 3 rings (SSSR count). The van der Waals surface area contributed by atoms with Crippen molar-refractivity contribution in [3.63, 3.8) is 0 Å². The van der Waals surface area contributed by atoms with Crippen molar-refractivity contribution in [3.05, 3.63) is 29.8 Å². The smallest absolute Gasteiger partial charge is 0.129 e. The van der Waals surface area contributed by atoms with E-state index in [2.05, 4.69) is 22.2 Å². The summed E-state index contributed by atoms with van der Waals surface area (Å²) < 4.78 is 5.17. The van der Waals surface area contributed by atoms with Gasteiger partial charge in [-0.25, -0.2) is 10.0 Å². The molecular weight excluding hydrogens is 252 g/mol. The summed E-state index contributed by atoms with van der Waals surface area (Å²) in [6.45, 7) is 1.77. The molecule has 102 valence electrons. The van der Waals surface area contributed by atoms with Crippen molar-refractivity contribution < 1.29 is 4.74 Å². The van der Waals surface area contributed by atoms with Crippen LogP contribution in [-0.4, -0.2) is 36.3 Å². The molecule has 0 spiro atoms. The van der Waals surface area contributed by atoms with Gasteiger partial charge in [0.2, 0.25) is 0 Å². The summed E-state index contributed by atoms with van der Waals surface area (Å²) in [4.78, 5) is 0. The minimum absolute atomic E-state index is 0.0296.